The first-order chi connectivity index (χ1) is 21.7. The van der Waals surface area contributed by atoms with Gasteiger partial charge in [0.2, 0.25) is 5.91 Å². The Labute approximate surface area is 268 Å². The van der Waals surface area contributed by atoms with Crippen molar-refractivity contribution in [3.05, 3.63) is 93.9 Å². The molecule has 1 unspecified atom stereocenters. The maximum atomic E-state index is 12.8. The minimum Gasteiger partial charge on any atom is -0.496 e. The Morgan fingerprint density at radius 1 is 1.11 bits per heavy atom. The first-order valence-corrected chi connectivity index (χ1v) is 14.5. The predicted molar refractivity (Wildman–Crippen MR) is 169 cm³/mol. The van der Waals surface area contributed by atoms with Gasteiger partial charge in [0.05, 0.1) is 35.1 Å². The summed E-state index contributed by atoms with van der Waals surface area (Å²) in [4.78, 5) is 57.0. The van der Waals surface area contributed by atoms with Crippen LogP contribution in [0.2, 0.25) is 10.0 Å². The van der Waals surface area contributed by atoms with E-state index >= 15 is 0 Å². The number of aldehydes is 1. The first kappa shape index (κ1) is 31.4. The molecule has 4 aromatic rings. The first-order valence-electron chi connectivity index (χ1n) is 13.8. The fourth-order valence-electron chi connectivity index (χ4n) is 5.00. The molecule has 1 aliphatic rings. The summed E-state index contributed by atoms with van der Waals surface area (Å²) in [5, 5.41) is 15.9. The van der Waals surface area contributed by atoms with Crippen LogP contribution in [0.4, 0.5) is 10.5 Å². The van der Waals surface area contributed by atoms with Crippen molar-refractivity contribution in [2.24, 2.45) is 0 Å². The van der Waals surface area contributed by atoms with Gasteiger partial charge in [0.1, 0.15) is 11.4 Å². The van der Waals surface area contributed by atoms with Gasteiger partial charge < -0.3 is 25.4 Å². The second-order valence-corrected chi connectivity index (χ2v) is 11.0. The number of carbonyl (C=O) groups excluding carboxylic acids is 3. The molecule has 11 nitrogen and oxygen atoms in total. The van der Waals surface area contributed by atoms with Crippen LogP contribution in [0.5, 0.6) is 5.75 Å². The van der Waals surface area contributed by atoms with Crippen LogP contribution in [-0.2, 0) is 11.3 Å². The SMILES string of the molecule is COc1cc(-c2nccc(-c3cccc(NC(=O)c4ccc(C=O)cn4)c3Cl)c2Cl)ccc1CN(CC1CCC(=O)N1)C(=O)O. The number of methoxy groups -OCH3 is 1. The maximum Gasteiger partial charge on any atom is 0.407 e. The molecule has 0 radical (unpaired) electrons. The summed E-state index contributed by atoms with van der Waals surface area (Å²) >= 11 is 13.6. The number of halogens is 2. The number of rotatable bonds is 10. The largest absolute Gasteiger partial charge is 0.496 e. The molecule has 3 amide bonds. The Bertz CT molecular complexity index is 1780. The van der Waals surface area contributed by atoms with E-state index < -0.39 is 12.0 Å². The highest BCUT2D eigenvalue weighted by Gasteiger charge is 2.26. The minimum atomic E-state index is -1.11. The summed E-state index contributed by atoms with van der Waals surface area (Å²) in [6.45, 7) is 0.210. The molecule has 1 atom stereocenters. The third-order valence-electron chi connectivity index (χ3n) is 7.30. The lowest BCUT2D eigenvalue weighted by atomic mass is 10.0. The Kier molecular flexibility index (Phi) is 9.60. The van der Waals surface area contributed by atoms with Crippen molar-refractivity contribution in [2.75, 3.05) is 19.0 Å². The number of hydrogen-bond donors (Lipinski definition) is 3. The molecule has 0 bridgehead atoms. The molecule has 2 aromatic carbocycles. The summed E-state index contributed by atoms with van der Waals surface area (Å²) in [7, 11) is 1.49. The zero-order valence-corrected chi connectivity index (χ0v) is 25.4. The van der Waals surface area contributed by atoms with Crippen molar-refractivity contribution in [2.45, 2.75) is 25.4 Å². The normalized spacial score (nSPS) is 14.0. The van der Waals surface area contributed by atoms with Crippen LogP contribution in [-0.4, -0.2) is 63.9 Å². The van der Waals surface area contributed by atoms with E-state index in [1.807, 2.05) is 0 Å². The number of carboxylic acid groups (broad SMARTS) is 1. The number of ether oxygens (including phenoxy) is 1. The third-order valence-corrected chi connectivity index (χ3v) is 8.09. The summed E-state index contributed by atoms with van der Waals surface area (Å²) < 4.78 is 5.61. The highest BCUT2D eigenvalue weighted by atomic mass is 35.5. The van der Waals surface area contributed by atoms with Crippen LogP contribution in [0.15, 0.2) is 67.0 Å². The van der Waals surface area contributed by atoms with Crippen LogP contribution < -0.4 is 15.4 Å². The number of nitrogens with zero attached hydrogens (tertiary/aromatic N) is 3. The molecule has 2 aromatic heterocycles. The van der Waals surface area contributed by atoms with E-state index in [2.05, 4.69) is 20.6 Å². The Morgan fingerprint density at radius 2 is 1.91 bits per heavy atom. The number of hydrogen-bond acceptors (Lipinski definition) is 7. The van der Waals surface area contributed by atoms with Gasteiger partial charge in [-0.1, -0.05) is 47.5 Å². The molecule has 5 rings (SSSR count). The van der Waals surface area contributed by atoms with Gasteiger partial charge in [-0.05, 0) is 36.8 Å². The lowest BCUT2D eigenvalue weighted by Gasteiger charge is -2.24. The molecule has 1 fully saturated rings. The molecule has 230 valence electrons. The Balaban J connectivity index is 1.40. The van der Waals surface area contributed by atoms with E-state index in [9.17, 15) is 24.3 Å². The van der Waals surface area contributed by atoms with Crippen molar-refractivity contribution in [3.63, 3.8) is 0 Å². The summed E-state index contributed by atoms with van der Waals surface area (Å²) in [6.07, 6.45) is 3.37. The molecule has 1 aliphatic heterocycles. The maximum absolute atomic E-state index is 12.8. The van der Waals surface area contributed by atoms with E-state index in [-0.39, 0.29) is 35.8 Å². The van der Waals surface area contributed by atoms with Gasteiger partial charge in [-0.25, -0.2) is 4.79 Å². The Hall–Kier alpha value is -5.00. The summed E-state index contributed by atoms with van der Waals surface area (Å²) in [5.74, 6) is -0.152. The molecule has 3 N–H and O–H groups in total. The van der Waals surface area contributed by atoms with Gasteiger partial charge in [-0.2, -0.15) is 0 Å². The highest BCUT2D eigenvalue weighted by Crippen LogP contribution is 2.41. The van der Waals surface area contributed by atoms with E-state index in [0.717, 1.165) is 0 Å². The number of nitrogens with one attached hydrogen (secondary N) is 2. The molecular weight excluding hydrogens is 621 g/mol. The van der Waals surface area contributed by atoms with Gasteiger partial charge in [0, 0.05) is 59.2 Å². The highest BCUT2D eigenvalue weighted by molar-refractivity contribution is 6.39. The smallest absolute Gasteiger partial charge is 0.407 e. The van der Waals surface area contributed by atoms with Gasteiger partial charge in [-0.3, -0.25) is 24.4 Å². The van der Waals surface area contributed by atoms with E-state index in [1.165, 1.54) is 30.3 Å². The number of anilines is 1. The van der Waals surface area contributed by atoms with Crippen molar-refractivity contribution < 1.29 is 29.0 Å². The van der Waals surface area contributed by atoms with Crippen LogP contribution in [0.1, 0.15) is 39.3 Å². The number of benzene rings is 2. The summed E-state index contributed by atoms with van der Waals surface area (Å²) in [5.41, 5.74) is 3.59. The van der Waals surface area contributed by atoms with Crippen LogP contribution >= 0.6 is 23.2 Å². The van der Waals surface area contributed by atoms with Crippen molar-refractivity contribution >= 4 is 53.1 Å². The van der Waals surface area contributed by atoms with Gasteiger partial charge in [-0.15, -0.1) is 0 Å². The zero-order chi connectivity index (χ0) is 32.1. The molecule has 0 aliphatic carbocycles. The van der Waals surface area contributed by atoms with Gasteiger partial charge in [0.15, 0.2) is 6.29 Å². The van der Waals surface area contributed by atoms with E-state index in [0.29, 0.717) is 69.1 Å². The van der Waals surface area contributed by atoms with Crippen molar-refractivity contribution in [1.29, 1.82) is 0 Å². The van der Waals surface area contributed by atoms with Crippen molar-refractivity contribution in [3.8, 4) is 28.1 Å². The topological polar surface area (TPSA) is 151 Å². The Morgan fingerprint density at radius 3 is 2.58 bits per heavy atom. The standard InChI is InChI=1S/C32H27Cl2N5O6/c1-45-26-13-19(6-7-20(26)15-39(32(43)44)16-21-8-10-27(41)37-21)30-29(34)23(11-12-35-30)22-3-2-4-24(28(22)33)38-31(42)25-9-5-18(17-40)14-36-25/h2-7,9,11-14,17,21H,8,10,15-16H2,1H3,(H,37,41)(H,38,42)(H,43,44). The van der Waals surface area contributed by atoms with Gasteiger partial charge >= 0.3 is 6.09 Å². The van der Waals surface area contributed by atoms with E-state index in [4.69, 9.17) is 27.9 Å². The number of aromatic nitrogens is 2. The number of carbonyl (C=O) groups is 4. The number of amides is 3. The fourth-order valence-corrected chi connectivity index (χ4v) is 5.60. The van der Waals surface area contributed by atoms with Crippen LogP contribution in [0.25, 0.3) is 22.4 Å². The van der Waals surface area contributed by atoms with Crippen LogP contribution in [0, 0.1) is 0 Å². The molecule has 0 spiro atoms. The predicted octanol–water partition coefficient (Wildman–Crippen LogP) is 5.95. The van der Waals surface area contributed by atoms with Crippen molar-refractivity contribution in [1.82, 2.24) is 20.2 Å². The molecule has 0 saturated carbocycles. The third kappa shape index (κ3) is 7.05. The molecule has 3 heterocycles. The fraction of sp³-hybridized carbons (Fsp3) is 0.188. The van der Waals surface area contributed by atoms with Gasteiger partial charge in [0.25, 0.3) is 5.91 Å². The van der Waals surface area contributed by atoms with E-state index in [1.54, 1.807) is 48.7 Å². The minimum absolute atomic E-state index is 0.0528. The second-order valence-electron chi connectivity index (χ2n) is 10.2. The second kappa shape index (κ2) is 13.7. The average molecular weight is 649 g/mol. The summed E-state index contributed by atoms with van der Waals surface area (Å²) in [6, 6.07) is 14.8. The molecular formula is C32H27Cl2N5O6. The quantitative estimate of drug-likeness (QED) is 0.179. The number of pyridine rings is 2. The molecule has 1 saturated heterocycles. The lowest BCUT2D eigenvalue weighted by Crippen LogP contribution is -2.41. The monoisotopic (exact) mass is 647 g/mol. The zero-order valence-electron chi connectivity index (χ0n) is 23.9. The lowest BCUT2D eigenvalue weighted by molar-refractivity contribution is -0.119. The van der Waals surface area contributed by atoms with Crippen LogP contribution in [0.3, 0.4) is 0 Å². The average Bonchev–Trinajstić information content (AvgIpc) is 3.46. The molecule has 13 heteroatoms. The molecule has 45 heavy (non-hydrogen) atoms.